The normalized spacial score (nSPS) is 16.1. The van der Waals surface area contributed by atoms with Crippen LogP contribution in [0.3, 0.4) is 0 Å². The molecule has 0 aliphatic carbocycles. The van der Waals surface area contributed by atoms with E-state index in [0.717, 1.165) is 12.1 Å². The second-order valence-corrected chi connectivity index (χ2v) is 8.05. The highest BCUT2D eigenvalue weighted by Crippen LogP contribution is 2.36. The Hall–Kier alpha value is -0.310. The molecular weight excluding hydrogens is 362 g/mol. The quantitative estimate of drug-likeness (QED) is 0.633. The molecule has 0 bridgehead atoms. The molecule has 114 valence electrons. The predicted octanol–water partition coefficient (Wildman–Crippen LogP) is 4.24. The van der Waals surface area contributed by atoms with Crippen LogP contribution >= 0.6 is 15.9 Å². The van der Waals surface area contributed by atoms with E-state index in [0.29, 0.717) is 4.47 Å². The molecule has 8 heteroatoms. The first-order chi connectivity index (χ1) is 8.93. The zero-order chi connectivity index (χ0) is 15.7. The number of hydrogen-bond acceptors (Lipinski definition) is 2. The third-order valence-corrected chi connectivity index (χ3v) is 4.44. The minimum absolute atomic E-state index is 0.330. The highest BCUT2D eigenvalue weighted by molar-refractivity contribution is 9.10. The number of nitrogens with one attached hydrogen (secondary N) is 1. The Morgan fingerprint density at radius 1 is 1.25 bits per heavy atom. The summed E-state index contributed by atoms with van der Waals surface area (Å²) in [4.78, 5) is 0. The predicted molar refractivity (Wildman–Crippen MR) is 73.9 cm³/mol. The Balaban J connectivity index is 3.14. The van der Waals surface area contributed by atoms with E-state index in [1.807, 2.05) is 4.72 Å². The SMILES string of the molecule is CC(C)(C)[S+]([O-])N[C@@H](c1ccc(Br)cc1F)C(F)(F)F. The lowest BCUT2D eigenvalue weighted by molar-refractivity contribution is -0.153. The van der Waals surface area contributed by atoms with Crippen molar-refractivity contribution in [3.8, 4) is 0 Å². The molecular formula is C12H14BrF4NOS. The summed E-state index contributed by atoms with van der Waals surface area (Å²) in [6, 6.07) is 0.939. The van der Waals surface area contributed by atoms with E-state index in [2.05, 4.69) is 15.9 Å². The van der Waals surface area contributed by atoms with Gasteiger partial charge in [-0.3, -0.25) is 0 Å². The summed E-state index contributed by atoms with van der Waals surface area (Å²) in [7, 11) is 0. The molecule has 0 aromatic heterocycles. The van der Waals surface area contributed by atoms with Gasteiger partial charge < -0.3 is 4.55 Å². The fourth-order valence-corrected chi connectivity index (χ4v) is 2.49. The van der Waals surface area contributed by atoms with Crippen LogP contribution in [0.2, 0.25) is 0 Å². The lowest BCUT2D eigenvalue weighted by Gasteiger charge is -2.29. The molecule has 0 saturated heterocycles. The van der Waals surface area contributed by atoms with Gasteiger partial charge in [-0.2, -0.15) is 13.2 Å². The lowest BCUT2D eigenvalue weighted by atomic mass is 10.1. The highest BCUT2D eigenvalue weighted by Gasteiger charge is 2.46. The van der Waals surface area contributed by atoms with Crippen molar-refractivity contribution in [1.29, 1.82) is 0 Å². The average Bonchev–Trinajstić information content (AvgIpc) is 2.23. The van der Waals surface area contributed by atoms with E-state index in [9.17, 15) is 22.1 Å². The van der Waals surface area contributed by atoms with Gasteiger partial charge in [0.05, 0.1) is 0 Å². The molecule has 0 aliphatic rings. The molecule has 0 aliphatic heterocycles. The minimum atomic E-state index is -4.75. The molecule has 1 aromatic rings. The fraction of sp³-hybridized carbons (Fsp3) is 0.500. The van der Waals surface area contributed by atoms with Crippen molar-refractivity contribution in [3.63, 3.8) is 0 Å². The van der Waals surface area contributed by atoms with Gasteiger partial charge in [0.2, 0.25) is 0 Å². The molecule has 1 N–H and O–H groups in total. The summed E-state index contributed by atoms with van der Waals surface area (Å²) in [6.45, 7) is 4.59. The van der Waals surface area contributed by atoms with E-state index in [4.69, 9.17) is 0 Å². The molecule has 1 unspecified atom stereocenters. The van der Waals surface area contributed by atoms with Gasteiger partial charge in [0.25, 0.3) is 0 Å². The summed E-state index contributed by atoms with van der Waals surface area (Å²) in [5.74, 6) is -1.01. The van der Waals surface area contributed by atoms with Gasteiger partial charge in [-0.15, -0.1) is 4.72 Å². The lowest BCUT2D eigenvalue weighted by Crippen LogP contribution is -2.46. The maximum atomic E-state index is 13.7. The maximum absolute atomic E-state index is 13.7. The third kappa shape index (κ3) is 4.61. The van der Waals surface area contributed by atoms with Crippen LogP contribution in [0.1, 0.15) is 32.4 Å². The number of alkyl halides is 3. The van der Waals surface area contributed by atoms with Crippen molar-refractivity contribution in [3.05, 3.63) is 34.1 Å². The van der Waals surface area contributed by atoms with Crippen LogP contribution in [-0.4, -0.2) is 15.5 Å². The highest BCUT2D eigenvalue weighted by atomic mass is 79.9. The zero-order valence-electron chi connectivity index (χ0n) is 11.0. The van der Waals surface area contributed by atoms with Crippen molar-refractivity contribution in [1.82, 2.24) is 4.72 Å². The first kappa shape index (κ1) is 17.7. The van der Waals surface area contributed by atoms with Crippen molar-refractivity contribution >= 4 is 27.3 Å². The Morgan fingerprint density at radius 3 is 2.20 bits per heavy atom. The Bertz CT molecular complexity index is 476. The topological polar surface area (TPSA) is 35.1 Å². The van der Waals surface area contributed by atoms with Crippen LogP contribution < -0.4 is 4.72 Å². The van der Waals surface area contributed by atoms with Gasteiger partial charge in [-0.25, -0.2) is 4.39 Å². The Labute approximate surface area is 126 Å². The molecule has 0 amide bonds. The van der Waals surface area contributed by atoms with Gasteiger partial charge in [0, 0.05) is 21.4 Å². The third-order valence-electron chi connectivity index (χ3n) is 2.38. The molecule has 0 fully saturated rings. The van der Waals surface area contributed by atoms with Crippen molar-refractivity contribution in [2.45, 2.75) is 37.7 Å². The standard InChI is InChI=1S/C12H14BrF4NOS/c1-11(2,3)20(19)18-10(12(15,16)17)8-5-4-7(13)6-9(8)14/h4-6,10,18H,1-3H3/t10-,20?/m0/s1. The molecule has 0 spiro atoms. The van der Waals surface area contributed by atoms with Crippen molar-refractivity contribution < 1.29 is 22.1 Å². The van der Waals surface area contributed by atoms with Gasteiger partial charge >= 0.3 is 6.18 Å². The van der Waals surface area contributed by atoms with Crippen LogP contribution in [0.4, 0.5) is 17.6 Å². The van der Waals surface area contributed by atoms with Crippen LogP contribution in [-0.2, 0) is 11.4 Å². The van der Waals surface area contributed by atoms with E-state index in [-0.39, 0.29) is 0 Å². The van der Waals surface area contributed by atoms with Crippen LogP contribution in [0.5, 0.6) is 0 Å². The molecule has 20 heavy (non-hydrogen) atoms. The molecule has 2 nitrogen and oxygen atoms in total. The first-order valence-electron chi connectivity index (χ1n) is 5.62. The number of hydrogen-bond donors (Lipinski definition) is 1. The van der Waals surface area contributed by atoms with Gasteiger partial charge in [-0.05, 0) is 32.9 Å². The van der Waals surface area contributed by atoms with E-state index in [1.165, 1.54) is 26.8 Å². The van der Waals surface area contributed by atoms with Gasteiger partial charge in [0.1, 0.15) is 10.6 Å². The molecule has 1 rings (SSSR count). The monoisotopic (exact) mass is 375 g/mol. The molecule has 0 saturated carbocycles. The molecule has 1 aromatic carbocycles. The van der Waals surface area contributed by atoms with Gasteiger partial charge in [-0.1, -0.05) is 22.0 Å². The second kappa shape index (κ2) is 6.21. The largest absolute Gasteiger partial charge is 0.598 e. The average molecular weight is 376 g/mol. The van der Waals surface area contributed by atoms with E-state index >= 15 is 0 Å². The summed E-state index contributed by atoms with van der Waals surface area (Å²) in [5.41, 5.74) is -0.585. The Morgan fingerprint density at radius 2 is 1.80 bits per heavy atom. The van der Waals surface area contributed by atoms with Crippen molar-refractivity contribution in [2.24, 2.45) is 0 Å². The van der Waals surface area contributed by atoms with Crippen LogP contribution in [0, 0.1) is 5.82 Å². The van der Waals surface area contributed by atoms with Crippen LogP contribution in [0.25, 0.3) is 0 Å². The number of halogens is 5. The van der Waals surface area contributed by atoms with Crippen molar-refractivity contribution in [2.75, 3.05) is 0 Å². The van der Waals surface area contributed by atoms with E-state index < -0.39 is 39.7 Å². The fourth-order valence-electron chi connectivity index (χ4n) is 1.33. The summed E-state index contributed by atoms with van der Waals surface area (Å²) >= 11 is 1.00. The number of rotatable bonds is 3. The second-order valence-electron chi connectivity index (χ2n) is 5.14. The summed E-state index contributed by atoms with van der Waals surface area (Å²) < 4.78 is 66.1. The first-order valence-corrected chi connectivity index (χ1v) is 7.57. The molecule has 2 atom stereocenters. The summed E-state index contributed by atoms with van der Waals surface area (Å²) in [6.07, 6.45) is -4.75. The maximum Gasteiger partial charge on any atom is 0.412 e. The minimum Gasteiger partial charge on any atom is -0.598 e. The molecule has 0 heterocycles. The van der Waals surface area contributed by atoms with E-state index in [1.54, 1.807) is 0 Å². The number of benzene rings is 1. The van der Waals surface area contributed by atoms with Gasteiger partial charge in [0.15, 0.2) is 6.04 Å². The summed E-state index contributed by atoms with van der Waals surface area (Å²) in [5, 5.41) is 0. The zero-order valence-corrected chi connectivity index (χ0v) is 13.4. The molecule has 0 radical (unpaired) electrons. The smallest absolute Gasteiger partial charge is 0.412 e. The Kier molecular flexibility index (Phi) is 5.51. The van der Waals surface area contributed by atoms with Crippen LogP contribution in [0.15, 0.2) is 22.7 Å².